The predicted octanol–water partition coefficient (Wildman–Crippen LogP) is 3.40. The lowest BCUT2D eigenvalue weighted by molar-refractivity contribution is -0.118. The summed E-state index contributed by atoms with van der Waals surface area (Å²) < 4.78 is 15.9. The first-order valence-corrected chi connectivity index (χ1v) is 9.48. The van der Waals surface area contributed by atoms with Gasteiger partial charge in [0.25, 0.3) is 0 Å². The third kappa shape index (κ3) is 6.21. The Morgan fingerprint density at radius 2 is 1.70 bits per heavy atom. The van der Waals surface area contributed by atoms with Crippen molar-refractivity contribution in [2.75, 3.05) is 27.1 Å². The maximum atomic E-state index is 11.9. The van der Waals surface area contributed by atoms with Gasteiger partial charge in [-0.05, 0) is 24.6 Å². The number of nitrogens with zero attached hydrogens (tertiary/aromatic N) is 1. The van der Waals surface area contributed by atoms with Gasteiger partial charge in [0.1, 0.15) is 0 Å². The van der Waals surface area contributed by atoms with E-state index in [9.17, 15) is 4.79 Å². The van der Waals surface area contributed by atoms with E-state index < -0.39 is 0 Å². The van der Waals surface area contributed by atoms with E-state index in [4.69, 9.17) is 14.2 Å². The van der Waals surface area contributed by atoms with Gasteiger partial charge in [-0.1, -0.05) is 29.8 Å². The molecule has 27 heavy (non-hydrogen) atoms. The second-order valence-corrected chi connectivity index (χ2v) is 6.72. The fourth-order valence-electron chi connectivity index (χ4n) is 2.33. The fraction of sp³-hybridized carbons (Fsp3) is 0.300. The minimum absolute atomic E-state index is 0.157. The summed E-state index contributed by atoms with van der Waals surface area (Å²) in [4.78, 5) is 11.9. The Kier molecular flexibility index (Phi) is 8.00. The Balaban J connectivity index is 1.87. The second-order valence-electron chi connectivity index (χ2n) is 5.73. The number of methoxy groups -OCH3 is 3. The van der Waals surface area contributed by atoms with E-state index in [1.807, 2.05) is 0 Å². The standard InChI is InChI=1S/C20H24N2O4S/c1-14-5-7-15(8-6-14)12-27-13-19(23)22-21-11-16-9-17(24-2)20(26-4)18(10-16)25-3/h5-11H,12-13H2,1-4H3,(H,22,23)/b21-11+. The Morgan fingerprint density at radius 3 is 2.26 bits per heavy atom. The summed E-state index contributed by atoms with van der Waals surface area (Å²) >= 11 is 1.54. The van der Waals surface area contributed by atoms with Crippen molar-refractivity contribution < 1.29 is 19.0 Å². The lowest BCUT2D eigenvalue weighted by Crippen LogP contribution is -2.19. The third-order valence-corrected chi connectivity index (χ3v) is 4.72. The highest BCUT2D eigenvalue weighted by molar-refractivity contribution is 7.99. The molecule has 2 aromatic rings. The molecule has 2 aromatic carbocycles. The lowest BCUT2D eigenvalue weighted by atomic mass is 10.2. The van der Waals surface area contributed by atoms with Gasteiger partial charge in [0.05, 0.1) is 33.3 Å². The normalized spacial score (nSPS) is 10.7. The Morgan fingerprint density at radius 1 is 1.07 bits per heavy atom. The van der Waals surface area contributed by atoms with E-state index in [0.29, 0.717) is 23.0 Å². The number of hydrogen-bond acceptors (Lipinski definition) is 6. The predicted molar refractivity (Wildman–Crippen MR) is 109 cm³/mol. The van der Waals surface area contributed by atoms with E-state index in [-0.39, 0.29) is 5.91 Å². The highest BCUT2D eigenvalue weighted by Crippen LogP contribution is 2.37. The van der Waals surface area contributed by atoms with Crippen molar-refractivity contribution in [2.24, 2.45) is 5.10 Å². The van der Waals surface area contributed by atoms with Crippen molar-refractivity contribution in [2.45, 2.75) is 12.7 Å². The van der Waals surface area contributed by atoms with Crippen LogP contribution in [0.1, 0.15) is 16.7 Å². The number of hydrogen-bond donors (Lipinski definition) is 1. The zero-order chi connectivity index (χ0) is 19.6. The molecule has 0 saturated heterocycles. The van der Waals surface area contributed by atoms with Crippen molar-refractivity contribution in [1.29, 1.82) is 0 Å². The molecule has 1 amide bonds. The van der Waals surface area contributed by atoms with Gasteiger partial charge in [-0.15, -0.1) is 11.8 Å². The van der Waals surface area contributed by atoms with Crippen molar-refractivity contribution in [3.05, 3.63) is 53.1 Å². The molecular formula is C20H24N2O4S. The van der Waals surface area contributed by atoms with Crippen molar-refractivity contribution >= 4 is 23.9 Å². The van der Waals surface area contributed by atoms with Crippen LogP contribution in [0, 0.1) is 6.92 Å². The Bertz CT molecular complexity index is 766. The van der Waals surface area contributed by atoms with Crippen molar-refractivity contribution in [3.8, 4) is 17.2 Å². The van der Waals surface area contributed by atoms with Crippen LogP contribution >= 0.6 is 11.8 Å². The SMILES string of the molecule is COc1cc(/C=N/NC(=O)CSCc2ccc(C)cc2)cc(OC)c1OC. The van der Waals surface area contributed by atoms with E-state index in [0.717, 1.165) is 11.3 Å². The van der Waals surface area contributed by atoms with Gasteiger partial charge in [0, 0.05) is 11.3 Å². The van der Waals surface area contributed by atoms with Gasteiger partial charge in [-0.2, -0.15) is 5.10 Å². The number of hydrazone groups is 1. The molecule has 0 aliphatic rings. The Labute approximate surface area is 163 Å². The summed E-state index contributed by atoms with van der Waals surface area (Å²) in [6, 6.07) is 11.8. The second kappa shape index (κ2) is 10.5. The number of benzene rings is 2. The van der Waals surface area contributed by atoms with E-state index in [2.05, 4.69) is 41.7 Å². The van der Waals surface area contributed by atoms with Crippen LogP contribution < -0.4 is 19.6 Å². The average Bonchev–Trinajstić information content (AvgIpc) is 2.68. The monoisotopic (exact) mass is 388 g/mol. The van der Waals surface area contributed by atoms with Crippen LogP contribution in [0.15, 0.2) is 41.5 Å². The molecule has 1 N–H and O–H groups in total. The van der Waals surface area contributed by atoms with Crippen LogP contribution in [-0.4, -0.2) is 39.2 Å². The first kappa shape index (κ1) is 20.6. The summed E-state index contributed by atoms with van der Waals surface area (Å²) in [5.74, 6) is 2.52. The highest BCUT2D eigenvalue weighted by Gasteiger charge is 2.12. The topological polar surface area (TPSA) is 69.2 Å². The molecule has 0 bridgehead atoms. The van der Waals surface area contributed by atoms with Crippen LogP contribution in [0.5, 0.6) is 17.2 Å². The number of carbonyl (C=O) groups excluding carboxylic acids is 1. The quantitative estimate of drug-likeness (QED) is 0.527. The summed E-state index contributed by atoms with van der Waals surface area (Å²) in [7, 11) is 4.64. The molecule has 0 fully saturated rings. The minimum atomic E-state index is -0.157. The van der Waals surface area contributed by atoms with Gasteiger partial charge < -0.3 is 14.2 Å². The van der Waals surface area contributed by atoms with E-state index in [1.54, 1.807) is 45.2 Å². The smallest absolute Gasteiger partial charge is 0.250 e. The van der Waals surface area contributed by atoms with Crippen LogP contribution in [0.3, 0.4) is 0 Å². The van der Waals surface area contributed by atoms with Crippen LogP contribution in [0.2, 0.25) is 0 Å². The summed E-state index contributed by atoms with van der Waals surface area (Å²) in [6.07, 6.45) is 1.53. The summed E-state index contributed by atoms with van der Waals surface area (Å²) in [5.41, 5.74) is 5.66. The van der Waals surface area contributed by atoms with Gasteiger partial charge in [0.2, 0.25) is 11.7 Å². The Hall–Kier alpha value is -2.67. The zero-order valence-electron chi connectivity index (χ0n) is 15.9. The molecule has 0 radical (unpaired) electrons. The number of ether oxygens (including phenoxy) is 3. The average molecular weight is 388 g/mol. The number of nitrogens with one attached hydrogen (secondary N) is 1. The van der Waals surface area contributed by atoms with Gasteiger partial charge >= 0.3 is 0 Å². The molecule has 0 aliphatic carbocycles. The number of rotatable bonds is 9. The molecule has 0 unspecified atom stereocenters. The zero-order valence-corrected chi connectivity index (χ0v) is 16.8. The van der Waals surface area contributed by atoms with E-state index in [1.165, 1.54) is 17.3 Å². The van der Waals surface area contributed by atoms with E-state index >= 15 is 0 Å². The molecule has 144 valence electrons. The van der Waals surface area contributed by atoms with Gasteiger partial charge in [0.15, 0.2) is 11.5 Å². The first-order chi connectivity index (χ1) is 13.1. The number of aryl methyl sites for hydroxylation is 1. The maximum absolute atomic E-state index is 11.9. The minimum Gasteiger partial charge on any atom is -0.493 e. The molecule has 0 aliphatic heterocycles. The molecule has 0 spiro atoms. The van der Waals surface area contributed by atoms with Crippen molar-refractivity contribution in [3.63, 3.8) is 0 Å². The molecule has 0 saturated carbocycles. The lowest BCUT2D eigenvalue weighted by Gasteiger charge is -2.12. The fourth-order valence-corrected chi connectivity index (χ4v) is 3.11. The van der Waals surface area contributed by atoms with Gasteiger partial charge in [-0.25, -0.2) is 5.43 Å². The van der Waals surface area contributed by atoms with Crippen LogP contribution in [0.25, 0.3) is 0 Å². The van der Waals surface area contributed by atoms with Gasteiger partial charge in [-0.3, -0.25) is 4.79 Å². The highest BCUT2D eigenvalue weighted by atomic mass is 32.2. The number of amides is 1. The molecule has 7 heteroatoms. The van der Waals surface area contributed by atoms with Crippen LogP contribution in [0.4, 0.5) is 0 Å². The van der Waals surface area contributed by atoms with Crippen LogP contribution in [-0.2, 0) is 10.5 Å². The summed E-state index contributed by atoms with van der Waals surface area (Å²) in [6.45, 7) is 2.05. The first-order valence-electron chi connectivity index (χ1n) is 8.32. The maximum Gasteiger partial charge on any atom is 0.250 e. The third-order valence-electron chi connectivity index (χ3n) is 3.71. The molecule has 6 nitrogen and oxygen atoms in total. The van der Waals surface area contributed by atoms with Crippen molar-refractivity contribution in [1.82, 2.24) is 5.43 Å². The molecule has 2 rings (SSSR count). The summed E-state index contributed by atoms with van der Waals surface area (Å²) in [5, 5.41) is 4.00. The largest absolute Gasteiger partial charge is 0.493 e. The molecule has 0 atom stereocenters. The molecular weight excluding hydrogens is 364 g/mol. The molecule has 0 heterocycles. The number of carbonyl (C=O) groups is 1. The molecule has 0 aromatic heterocycles. The number of thioether (sulfide) groups is 1.